The molecular weight excluding hydrogens is 316 g/mol. The standard InChI is InChI=1S/C18H22N6O/c1-13-9-10-16(23(13)3)12-19-18(25)17(24-14(2)20-21-22-24)11-15-7-5-4-6-8-15/h4-10,17H,11-12H2,1-3H3,(H,19,25). The number of tetrazole rings is 1. The summed E-state index contributed by atoms with van der Waals surface area (Å²) in [6.45, 7) is 4.30. The van der Waals surface area contributed by atoms with Gasteiger partial charge in [0.05, 0.1) is 6.54 Å². The van der Waals surface area contributed by atoms with Crippen LogP contribution in [0.25, 0.3) is 0 Å². The van der Waals surface area contributed by atoms with E-state index in [0.717, 1.165) is 17.0 Å². The molecule has 0 bridgehead atoms. The van der Waals surface area contributed by atoms with Gasteiger partial charge in [0.25, 0.3) is 0 Å². The van der Waals surface area contributed by atoms with Gasteiger partial charge >= 0.3 is 0 Å². The van der Waals surface area contributed by atoms with E-state index in [4.69, 9.17) is 0 Å². The summed E-state index contributed by atoms with van der Waals surface area (Å²) in [5.74, 6) is 0.517. The maximum Gasteiger partial charge on any atom is 0.245 e. The van der Waals surface area contributed by atoms with E-state index in [9.17, 15) is 4.79 Å². The lowest BCUT2D eigenvalue weighted by atomic mass is 10.1. The van der Waals surface area contributed by atoms with Gasteiger partial charge < -0.3 is 9.88 Å². The fourth-order valence-electron chi connectivity index (χ4n) is 2.79. The van der Waals surface area contributed by atoms with Gasteiger partial charge in [0.15, 0.2) is 0 Å². The van der Waals surface area contributed by atoms with E-state index < -0.39 is 6.04 Å². The molecule has 1 atom stereocenters. The summed E-state index contributed by atoms with van der Waals surface area (Å²) in [5, 5.41) is 14.6. The number of aryl methyl sites for hydroxylation is 2. The van der Waals surface area contributed by atoms with Crippen molar-refractivity contribution in [1.29, 1.82) is 0 Å². The van der Waals surface area contributed by atoms with Crippen LogP contribution < -0.4 is 5.32 Å². The van der Waals surface area contributed by atoms with Crippen LogP contribution in [0.4, 0.5) is 0 Å². The molecule has 3 aromatic rings. The number of carbonyl (C=O) groups is 1. The Morgan fingerprint density at radius 3 is 2.52 bits per heavy atom. The summed E-state index contributed by atoms with van der Waals surface area (Å²) in [7, 11) is 1.99. The molecule has 7 nitrogen and oxygen atoms in total. The summed E-state index contributed by atoms with van der Waals surface area (Å²) in [5.41, 5.74) is 3.27. The van der Waals surface area contributed by atoms with Gasteiger partial charge in [0, 0.05) is 24.9 Å². The topological polar surface area (TPSA) is 77.6 Å². The average Bonchev–Trinajstić information content (AvgIpc) is 3.18. The van der Waals surface area contributed by atoms with Crippen molar-refractivity contribution < 1.29 is 4.79 Å². The van der Waals surface area contributed by atoms with Crippen molar-refractivity contribution in [2.24, 2.45) is 7.05 Å². The molecule has 1 amide bonds. The third kappa shape index (κ3) is 3.76. The van der Waals surface area contributed by atoms with Crippen LogP contribution >= 0.6 is 0 Å². The van der Waals surface area contributed by atoms with Crippen LogP contribution in [0.5, 0.6) is 0 Å². The highest BCUT2D eigenvalue weighted by molar-refractivity contribution is 5.80. The van der Waals surface area contributed by atoms with Crippen molar-refractivity contribution in [2.45, 2.75) is 32.9 Å². The van der Waals surface area contributed by atoms with Crippen molar-refractivity contribution in [3.8, 4) is 0 Å². The zero-order valence-electron chi connectivity index (χ0n) is 14.7. The van der Waals surface area contributed by atoms with E-state index >= 15 is 0 Å². The Kier molecular flexibility index (Phi) is 4.92. The third-order valence-corrected chi connectivity index (χ3v) is 4.45. The van der Waals surface area contributed by atoms with Crippen molar-refractivity contribution in [3.63, 3.8) is 0 Å². The quantitative estimate of drug-likeness (QED) is 0.742. The first-order chi connectivity index (χ1) is 12.1. The minimum Gasteiger partial charge on any atom is -0.350 e. The summed E-state index contributed by atoms with van der Waals surface area (Å²) in [4.78, 5) is 12.9. The first-order valence-electron chi connectivity index (χ1n) is 8.23. The molecule has 0 aliphatic rings. The summed E-state index contributed by atoms with van der Waals surface area (Å²) >= 11 is 0. The highest BCUT2D eigenvalue weighted by Crippen LogP contribution is 2.15. The van der Waals surface area contributed by atoms with Crippen molar-refractivity contribution in [3.05, 3.63) is 65.2 Å². The minimum absolute atomic E-state index is 0.0990. The molecule has 0 aliphatic carbocycles. The molecule has 1 unspecified atom stereocenters. The molecule has 0 aliphatic heterocycles. The molecule has 3 rings (SSSR count). The van der Waals surface area contributed by atoms with Crippen LogP contribution in [0.2, 0.25) is 0 Å². The number of amides is 1. The first-order valence-corrected chi connectivity index (χ1v) is 8.23. The summed E-state index contributed by atoms with van der Waals surface area (Å²) in [6.07, 6.45) is 0.532. The second-order valence-corrected chi connectivity index (χ2v) is 6.12. The zero-order valence-corrected chi connectivity index (χ0v) is 14.7. The molecule has 0 fully saturated rings. The van der Waals surface area contributed by atoms with E-state index in [1.165, 1.54) is 0 Å². The fraction of sp³-hybridized carbons (Fsp3) is 0.333. The van der Waals surface area contributed by atoms with Gasteiger partial charge in [-0.15, -0.1) is 5.10 Å². The molecule has 130 valence electrons. The molecule has 1 N–H and O–H groups in total. The van der Waals surface area contributed by atoms with E-state index in [1.54, 1.807) is 11.6 Å². The zero-order chi connectivity index (χ0) is 17.8. The predicted molar refractivity (Wildman–Crippen MR) is 93.7 cm³/mol. The lowest BCUT2D eigenvalue weighted by molar-refractivity contribution is -0.124. The number of nitrogens with one attached hydrogen (secondary N) is 1. The van der Waals surface area contributed by atoms with Gasteiger partial charge in [-0.3, -0.25) is 4.79 Å². The Labute approximate surface area is 146 Å². The van der Waals surface area contributed by atoms with Crippen molar-refractivity contribution in [2.75, 3.05) is 0 Å². The van der Waals surface area contributed by atoms with E-state index in [2.05, 4.69) is 25.4 Å². The van der Waals surface area contributed by atoms with E-state index in [1.807, 2.05) is 56.4 Å². The predicted octanol–water partition coefficient (Wildman–Crippen LogP) is 1.73. The van der Waals surface area contributed by atoms with Gasteiger partial charge in [-0.05, 0) is 42.0 Å². The van der Waals surface area contributed by atoms with Gasteiger partial charge in [-0.2, -0.15) is 0 Å². The number of rotatable bonds is 6. The van der Waals surface area contributed by atoms with Gasteiger partial charge in [-0.25, -0.2) is 4.68 Å². The van der Waals surface area contributed by atoms with Crippen LogP contribution in [-0.4, -0.2) is 30.7 Å². The van der Waals surface area contributed by atoms with Crippen LogP contribution in [0.3, 0.4) is 0 Å². The summed E-state index contributed by atoms with van der Waals surface area (Å²) in [6, 6.07) is 13.4. The highest BCUT2D eigenvalue weighted by atomic mass is 16.2. The number of nitrogens with zero attached hydrogens (tertiary/aromatic N) is 5. The molecule has 2 aromatic heterocycles. The largest absolute Gasteiger partial charge is 0.350 e. The molecule has 0 saturated carbocycles. The molecular formula is C18H22N6O. The van der Waals surface area contributed by atoms with Gasteiger partial charge in [-0.1, -0.05) is 30.3 Å². The van der Waals surface area contributed by atoms with Gasteiger partial charge in [0.2, 0.25) is 5.91 Å². The molecule has 1 aromatic carbocycles. The monoisotopic (exact) mass is 338 g/mol. The lowest BCUT2D eigenvalue weighted by Gasteiger charge is -2.18. The fourth-order valence-corrected chi connectivity index (χ4v) is 2.79. The second kappa shape index (κ2) is 7.29. The molecule has 0 radical (unpaired) electrons. The van der Waals surface area contributed by atoms with Crippen LogP contribution in [0, 0.1) is 13.8 Å². The minimum atomic E-state index is -0.487. The maximum atomic E-state index is 12.9. The van der Waals surface area contributed by atoms with Crippen LogP contribution in [0.1, 0.15) is 28.8 Å². The lowest BCUT2D eigenvalue weighted by Crippen LogP contribution is -2.35. The molecule has 2 heterocycles. The Hall–Kier alpha value is -2.96. The normalized spacial score (nSPS) is 12.1. The first kappa shape index (κ1) is 16.9. The van der Waals surface area contributed by atoms with Crippen LogP contribution in [0.15, 0.2) is 42.5 Å². The third-order valence-electron chi connectivity index (χ3n) is 4.45. The number of aromatic nitrogens is 5. The molecule has 0 saturated heterocycles. The Balaban J connectivity index is 1.77. The SMILES string of the molecule is Cc1nnnn1C(Cc1ccccc1)C(=O)NCc1ccc(C)n1C. The van der Waals surface area contributed by atoms with Crippen molar-refractivity contribution in [1.82, 2.24) is 30.1 Å². The Morgan fingerprint density at radius 1 is 1.16 bits per heavy atom. The van der Waals surface area contributed by atoms with Gasteiger partial charge in [0.1, 0.15) is 11.9 Å². The second-order valence-electron chi connectivity index (χ2n) is 6.12. The summed E-state index contributed by atoms with van der Waals surface area (Å²) < 4.78 is 3.65. The van der Waals surface area contributed by atoms with Crippen molar-refractivity contribution >= 4 is 5.91 Å². The Bertz CT molecular complexity index is 852. The molecule has 7 heteroatoms. The smallest absolute Gasteiger partial charge is 0.245 e. The number of carbonyl (C=O) groups excluding carboxylic acids is 1. The molecule has 25 heavy (non-hydrogen) atoms. The number of benzene rings is 1. The number of hydrogen-bond donors (Lipinski definition) is 1. The average molecular weight is 338 g/mol. The van der Waals surface area contributed by atoms with E-state index in [-0.39, 0.29) is 5.91 Å². The number of hydrogen-bond acceptors (Lipinski definition) is 4. The maximum absolute atomic E-state index is 12.9. The van der Waals surface area contributed by atoms with E-state index in [0.29, 0.717) is 18.8 Å². The van der Waals surface area contributed by atoms with Crippen LogP contribution in [-0.2, 0) is 24.8 Å². The molecule has 0 spiro atoms. The highest BCUT2D eigenvalue weighted by Gasteiger charge is 2.24. The Morgan fingerprint density at radius 2 is 1.92 bits per heavy atom.